The van der Waals surface area contributed by atoms with Crippen LogP contribution in [0.5, 0.6) is 11.5 Å². The van der Waals surface area contributed by atoms with Crippen LogP contribution >= 0.6 is 11.8 Å². The summed E-state index contributed by atoms with van der Waals surface area (Å²) in [6.45, 7) is 0.330. The van der Waals surface area contributed by atoms with Crippen molar-refractivity contribution in [3.63, 3.8) is 0 Å². The number of hydrogen-bond acceptors (Lipinski definition) is 5. The lowest BCUT2D eigenvalue weighted by Crippen LogP contribution is -2.31. The van der Waals surface area contributed by atoms with Gasteiger partial charge in [-0.15, -0.1) is 0 Å². The van der Waals surface area contributed by atoms with Crippen LogP contribution < -0.4 is 9.47 Å². The monoisotopic (exact) mass is 256 g/mol. The summed E-state index contributed by atoms with van der Waals surface area (Å²) >= 11 is 1.55. The number of benzene rings is 1. The first kappa shape index (κ1) is 12.5. The lowest BCUT2D eigenvalue weighted by atomic mass is 10.3. The minimum atomic E-state index is -0.656. The van der Waals surface area contributed by atoms with Gasteiger partial charge in [0.2, 0.25) is 0 Å². The molecule has 1 aromatic carbocycles. The highest BCUT2D eigenvalue weighted by molar-refractivity contribution is 7.99. The molecule has 2 rings (SSSR count). The van der Waals surface area contributed by atoms with Crippen LogP contribution in [0.1, 0.15) is 0 Å². The van der Waals surface area contributed by atoms with Crippen LogP contribution in [-0.4, -0.2) is 47.1 Å². The summed E-state index contributed by atoms with van der Waals surface area (Å²) in [5.74, 6) is 2.81. The molecule has 0 saturated carbocycles. The highest BCUT2D eigenvalue weighted by Crippen LogP contribution is 2.31. The lowest BCUT2D eigenvalue weighted by Gasteiger charge is -2.26. The molecule has 1 aliphatic rings. The van der Waals surface area contributed by atoms with Crippen molar-refractivity contribution < 1.29 is 19.7 Å². The zero-order valence-corrected chi connectivity index (χ0v) is 10.2. The second-order valence-electron chi connectivity index (χ2n) is 3.87. The minimum Gasteiger partial charge on any atom is -0.486 e. The van der Waals surface area contributed by atoms with Gasteiger partial charge in [0.05, 0.1) is 12.7 Å². The van der Waals surface area contributed by atoms with E-state index in [4.69, 9.17) is 14.6 Å². The third-order valence-corrected chi connectivity index (χ3v) is 3.62. The normalized spacial score (nSPS) is 20.0. The topological polar surface area (TPSA) is 58.9 Å². The van der Waals surface area contributed by atoms with E-state index < -0.39 is 6.10 Å². The van der Waals surface area contributed by atoms with Gasteiger partial charge in [-0.1, -0.05) is 12.1 Å². The molecule has 0 bridgehead atoms. The molecule has 0 saturated heterocycles. The Kier molecular flexibility index (Phi) is 4.53. The maximum atomic E-state index is 9.20. The van der Waals surface area contributed by atoms with E-state index >= 15 is 0 Å². The molecule has 0 spiro atoms. The highest BCUT2D eigenvalue weighted by atomic mass is 32.2. The van der Waals surface area contributed by atoms with Crippen molar-refractivity contribution in [3.8, 4) is 11.5 Å². The fourth-order valence-electron chi connectivity index (χ4n) is 1.53. The van der Waals surface area contributed by atoms with Crippen molar-refractivity contribution in [2.24, 2.45) is 0 Å². The first-order chi connectivity index (χ1) is 8.29. The quantitative estimate of drug-likeness (QED) is 0.820. The van der Waals surface area contributed by atoms with Crippen LogP contribution in [0.15, 0.2) is 24.3 Å². The molecule has 94 valence electrons. The second kappa shape index (κ2) is 6.14. The average Bonchev–Trinajstić information content (AvgIpc) is 2.38. The third-order valence-electron chi connectivity index (χ3n) is 2.39. The van der Waals surface area contributed by atoms with Crippen molar-refractivity contribution in [2.75, 3.05) is 24.7 Å². The lowest BCUT2D eigenvalue weighted by molar-refractivity contribution is 0.105. The van der Waals surface area contributed by atoms with Crippen LogP contribution in [0.25, 0.3) is 0 Å². The van der Waals surface area contributed by atoms with Gasteiger partial charge in [-0.25, -0.2) is 0 Å². The molecule has 0 fully saturated rings. The van der Waals surface area contributed by atoms with Crippen molar-refractivity contribution in [1.82, 2.24) is 0 Å². The highest BCUT2D eigenvalue weighted by Gasteiger charge is 2.20. The molecule has 1 aromatic rings. The maximum absolute atomic E-state index is 9.20. The van der Waals surface area contributed by atoms with Crippen molar-refractivity contribution >= 4 is 11.8 Å². The molecule has 1 heterocycles. The minimum absolute atomic E-state index is 0.000734. The number of thioether (sulfide) groups is 1. The van der Waals surface area contributed by atoms with E-state index in [0.717, 1.165) is 17.3 Å². The Morgan fingerprint density at radius 2 is 2.12 bits per heavy atom. The largest absolute Gasteiger partial charge is 0.486 e. The fraction of sp³-hybridized carbons (Fsp3) is 0.500. The van der Waals surface area contributed by atoms with E-state index in [1.165, 1.54) is 0 Å². The Labute approximate surface area is 105 Å². The molecule has 2 unspecified atom stereocenters. The Morgan fingerprint density at radius 1 is 1.35 bits per heavy atom. The van der Waals surface area contributed by atoms with Crippen LogP contribution in [0.4, 0.5) is 0 Å². The van der Waals surface area contributed by atoms with Gasteiger partial charge in [-0.3, -0.25) is 0 Å². The number of fused-ring (bicyclic) bond motifs is 1. The molecule has 0 aromatic heterocycles. The van der Waals surface area contributed by atoms with E-state index in [1.807, 2.05) is 24.3 Å². The smallest absolute Gasteiger partial charge is 0.161 e. The molecule has 2 atom stereocenters. The Hall–Kier alpha value is -0.910. The maximum Gasteiger partial charge on any atom is 0.161 e. The van der Waals surface area contributed by atoms with Gasteiger partial charge in [-0.2, -0.15) is 11.8 Å². The van der Waals surface area contributed by atoms with Crippen LogP contribution in [0.2, 0.25) is 0 Å². The predicted molar refractivity (Wildman–Crippen MR) is 66.8 cm³/mol. The Balaban J connectivity index is 1.78. The molecule has 2 N–H and O–H groups in total. The molecule has 0 amide bonds. The summed E-state index contributed by atoms with van der Waals surface area (Å²) in [6.07, 6.45) is -0.655. The molecule has 17 heavy (non-hydrogen) atoms. The molecule has 1 aliphatic heterocycles. The summed E-state index contributed by atoms with van der Waals surface area (Å²) in [5.41, 5.74) is 0. The standard InChI is InChI=1S/C12H16O4S/c13-5-9(14)7-17-8-10-6-15-11-3-1-2-4-12(11)16-10/h1-4,9-10,13-14H,5-8H2. The number of para-hydroxylation sites is 2. The number of aliphatic hydroxyl groups excluding tert-OH is 2. The van der Waals surface area contributed by atoms with E-state index in [0.29, 0.717) is 12.4 Å². The summed E-state index contributed by atoms with van der Waals surface area (Å²) in [7, 11) is 0. The number of rotatable bonds is 5. The first-order valence-corrected chi connectivity index (χ1v) is 6.70. The summed E-state index contributed by atoms with van der Waals surface area (Å²) < 4.78 is 11.3. The molecular formula is C12H16O4S. The van der Waals surface area contributed by atoms with E-state index in [1.54, 1.807) is 11.8 Å². The number of hydrogen-bond donors (Lipinski definition) is 2. The number of ether oxygens (including phenoxy) is 2. The van der Waals surface area contributed by atoms with Crippen molar-refractivity contribution in [1.29, 1.82) is 0 Å². The van der Waals surface area contributed by atoms with E-state index in [2.05, 4.69) is 0 Å². The molecule has 4 nitrogen and oxygen atoms in total. The SMILES string of the molecule is OCC(O)CSCC1COc2ccccc2O1. The molecule has 0 radical (unpaired) electrons. The fourth-order valence-corrected chi connectivity index (χ4v) is 2.47. The van der Waals surface area contributed by atoms with Gasteiger partial charge in [0.25, 0.3) is 0 Å². The van der Waals surface area contributed by atoms with Gasteiger partial charge in [-0.05, 0) is 12.1 Å². The molecular weight excluding hydrogens is 240 g/mol. The van der Waals surface area contributed by atoms with Crippen LogP contribution in [-0.2, 0) is 0 Å². The number of aliphatic hydroxyl groups is 2. The van der Waals surface area contributed by atoms with Gasteiger partial charge in [0.1, 0.15) is 12.7 Å². The molecule has 5 heteroatoms. The zero-order valence-electron chi connectivity index (χ0n) is 9.41. The first-order valence-electron chi connectivity index (χ1n) is 5.54. The molecule has 0 aliphatic carbocycles. The van der Waals surface area contributed by atoms with E-state index in [9.17, 15) is 5.11 Å². The van der Waals surface area contributed by atoms with Crippen LogP contribution in [0, 0.1) is 0 Å². The summed E-state index contributed by atoms with van der Waals surface area (Å²) in [4.78, 5) is 0. The Bertz CT molecular complexity index is 358. The third kappa shape index (κ3) is 3.52. The van der Waals surface area contributed by atoms with Gasteiger partial charge < -0.3 is 19.7 Å². The summed E-state index contributed by atoms with van der Waals surface area (Å²) in [6, 6.07) is 7.59. The average molecular weight is 256 g/mol. The Morgan fingerprint density at radius 3 is 2.88 bits per heavy atom. The predicted octanol–water partition coefficient (Wildman–Crippen LogP) is 0.913. The van der Waals surface area contributed by atoms with Crippen molar-refractivity contribution in [3.05, 3.63) is 24.3 Å². The van der Waals surface area contributed by atoms with Gasteiger partial charge in [0.15, 0.2) is 11.5 Å². The van der Waals surface area contributed by atoms with Gasteiger partial charge >= 0.3 is 0 Å². The van der Waals surface area contributed by atoms with E-state index in [-0.39, 0.29) is 12.7 Å². The van der Waals surface area contributed by atoms with Crippen molar-refractivity contribution in [2.45, 2.75) is 12.2 Å². The van der Waals surface area contributed by atoms with Crippen LogP contribution in [0.3, 0.4) is 0 Å². The summed E-state index contributed by atoms with van der Waals surface area (Å²) in [5, 5.41) is 17.9. The zero-order chi connectivity index (χ0) is 12.1. The van der Waals surface area contributed by atoms with Gasteiger partial charge in [0, 0.05) is 11.5 Å². The second-order valence-corrected chi connectivity index (χ2v) is 4.95.